The maximum absolute atomic E-state index is 12.0. The third kappa shape index (κ3) is 4.89. The zero-order chi connectivity index (χ0) is 18.2. The van der Waals surface area contributed by atoms with E-state index in [9.17, 15) is 19.6 Å². The molecule has 1 aromatic carbocycles. The van der Waals surface area contributed by atoms with Crippen LogP contribution in [0.25, 0.3) is 0 Å². The lowest BCUT2D eigenvalue weighted by Crippen LogP contribution is -2.25. The van der Waals surface area contributed by atoms with Gasteiger partial charge in [-0.2, -0.15) is 0 Å². The summed E-state index contributed by atoms with van der Waals surface area (Å²) in [7, 11) is 0. The number of hydrogen-bond donors (Lipinski definition) is 1. The number of hydrogen-bond acceptors (Lipinski definition) is 5. The highest BCUT2D eigenvalue weighted by molar-refractivity contribution is 6.20. The lowest BCUT2D eigenvalue weighted by Gasteiger charge is -2.06. The second kappa shape index (κ2) is 9.32. The van der Waals surface area contributed by atoms with Crippen molar-refractivity contribution in [2.45, 2.75) is 58.3 Å². The Bertz CT molecular complexity index is 641. The van der Waals surface area contributed by atoms with Crippen molar-refractivity contribution in [1.82, 2.24) is 5.06 Å². The molecule has 2 rings (SSSR count). The molecule has 2 amide bonds. The molecule has 25 heavy (non-hydrogen) atoms. The van der Waals surface area contributed by atoms with Crippen molar-refractivity contribution >= 4 is 17.8 Å². The number of rotatable bonds is 10. The van der Waals surface area contributed by atoms with E-state index in [1.165, 1.54) is 50.3 Å². The Hall–Kier alpha value is -2.21. The van der Waals surface area contributed by atoms with Crippen molar-refractivity contribution in [2.75, 3.05) is 6.61 Å². The largest absolute Gasteiger partial charge is 0.462 e. The summed E-state index contributed by atoms with van der Waals surface area (Å²) in [5.74, 6) is -2.13. The number of amides is 2. The second-order valence-corrected chi connectivity index (χ2v) is 6.29. The van der Waals surface area contributed by atoms with E-state index < -0.39 is 17.8 Å². The predicted molar refractivity (Wildman–Crippen MR) is 91.6 cm³/mol. The lowest BCUT2D eigenvalue weighted by molar-refractivity contribution is -0.0327. The number of esters is 1. The summed E-state index contributed by atoms with van der Waals surface area (Å²) >= 11 is 0. The highest BCUT2D eigenvalue weighted by Crippen LogP contribution is 2.23. The normalized spacial score (nSPS) is 13.3. The fourth-order valence-electron chi connectivity index (χ4n) is 2.84. The predicted octanol–water partition coefficient (Wildman–Crippen LogP) is 3.97. The minimum absolute atomic E-state index is 0.0222. The van der Waals surface area contributed by atoms with Gasteiger partial charge in [-0.15, -0.1) is 5.06 Å². The Kier molecular flexibility index (Phi) is 7.13. The van der Waals surface area contributed by atoms with Gasteiger partial charge >= 0.3 is 5.97 Å². The zero-order valence-corrected chi connectivity index (χ0v) is 14.6. The van der Waals surface area contributed by atoms with E-state index in [4.69, 9.17) is 4.74 Å². The number of unbranched alkanes of at least 4 members (excludes halogenated alkanes) is 7. The summed E-state index contributed by atoms with van der Waals surface area (Å²) in [5.41, 5.74) is 0.316. The SMILES string of the molecule is CCCCCCCCCCOC(=O)c1ccc2c(c1)C(=O)N(O)C2=O. The van der Waals surface area contributed by atoms with Gasteiger partial charge in [-0.1, -0.05) is 51.9 Å². The van der Waals surface area contributed by atoms with E-state index in [1.807, 2.05) is 0 Å². The van der Waals surface area contributed by atoms with Crippen LogP contribution in [0.3, 0.4) is 0 Å². The summed E-state index contributed by atoms with van der Waals surface area (Å²) in [6, 6.07) is 4.08. The van der Waals surface area contributed by atoms with Crippen LogP contribution >= 0.6 is 0 Å². The number of imide groups is 1. The molecule has 0 unspecified atom stereocenters. The number of hydroxylamine groups is 2. The van der Waals surface area contributed by atoms with Crippen LogP contribution in [0.1, 0.15) is 89.4 Å². The van der Waals surface area contributed by atoms with Crippen LogP contribution in [0, 0.1) is 0 Å². The fraction of sp³-hybridized carbons (Fsp3) is 0.526. The lowest BCUT2D eigenvalue weighted by atomic mass is 10.1. The fourth-order valence-corrected chi connectivity index (χ4v) is 2.84. The van der Waals surface area contributed by atoms with Crippen LogP contribution in [0.4, 0.5) is 0 Å². The standard InChI is InChI=1S/C19H25NO5/c1-2-3-4-5-6-7-8-9-12-25-19(23)14-10-11-15-16(13-14)18(22)20(24)17(15)21/h10-11,13,24H,2-9,12H2,1H3. The molecule has 0 aliphatic carbocycles. The third-order valence-electron chi connectivity index (χ3n) is 4.33. The molecule has 0 atom stereocenters. The Balaban J connectivity index is 1.72. The molecule has 0 saturated heterocycles. The van der Waals surface area contributed by atoms with Gasteiger partial charge in [0.25, 0.3) is 11.8 Å². The summed E-state index contributed by atoms with van der Waals surface area (Å²) in [6.45, 7) is 2.53. The van der Waals surface area contributed by atoms with Crippen molar-refractivity contribution in [2.24, 2.45) is 0 Å². The first-order chi connectivity index (χ1) is 12.1. The quantitative estimate of drug-likeness (QED) is 0.300. The number of fused-ring (bicyclic) bond motifs is 1. The van der Waals surface area contributed by atoms with E-state index in [-0.39, 0.29) is 21.8 Å². The average Bonchev–Trinajstić information content (AvgIpc) is 2.84. The molecule has 0 fully saturated rings. The van der Waals surface area contributed by atoms with Gasteiger partial charge in [0.05, 0.1) is 23.3 Å². The van der Waals surface area contributed by atoms with Crippen molar-refractivity contribution in [3.63, 3.8) is 0 Å². The number of benzene rings is 1. The van der Waals surface area contributed by atoms with Crippen molar-refractivity contribution < 1.29 is 24.3 Å². The Morgan fingerprint density at radius 3 is 2.24 bits per heavy atom. The summed E-state index contributed by atoms with van der Waals surface area (Å²) in [6.07, 6.45) is 9.28. The molecule has 0 aromatic heterocycles. The molecule has 6 heteroatoms. The topological polar surface area (TPSA) is 83.9 Å². The smallest absolute Gasteiger partial charge is 0.338 e. The van der Waals surface area contributed by atoms with Gasteiger partial charge in [-0.3, -0.25) is 14.8 Å². The van der Waals surface area contributed by atoms with Crippen LogP contribution in [0.15, 0.2) is 18.2 Å². The van der Waals surface area contributed by atoms with Gasteiger partial charge in [0, 0.05) is 0 Å². The maximum Gasteiger partial charge on any atom is 0.338 e. The van der Waals surface area contributed by atoms with Crippen molar-refractivity contribution in [3.8, 4) is 0 Å². The van der Waals surface area contributed by atoms with Gasteiger partial charge in [0.1, 0.15) is 0 Å². The van der Waals surface area contributed by atoms with Crippen LogP contribution in [0.5, 0.6) is 0 Å². The first-order valence-electron chi connectivity index (χ1n) is 8.95. The molecular weight excluding hydrogens is 322 g/mol. The van der Waals surface area contributed by atoms with Crippen molar-refractivity contribution in [3.05, 3.63) is 34.9 Å². The van der Waals surface area contributed by atoms with E-state index in [2.05, 4.69) is 6.92 Å². The van der Waals surface area contributed by atoms with Gasteiger partial charge in [-0.05, 0) is 24.6 Å². The number of carbonyl (C=O) groups excluding carboxylic acids is 3. The highest BCUT2D eigenvalue weighted by Gasteiger charge is 2.35. The van der Waals surface area contributed by atoms with Gasteiger partial charge in [0.15, 0.2) is 0 Å². The second-order valence-electron chi connectivity index (χ2n) is 6.29. The van der Waals surface area contributed by atoms with Gasteiger partial charge in [0.2, 0.25) is 0 Å². The van der Waals surface area contributed by atoms with Crippen LogP contribution < -0.4 is 0 Å². The summed E-state index contributed by atoms with van der Waals surface area (Å²) in [5, 5.41) is 9.38. The summed E-state index contributed by atoms with van der Waals surface area (Å²) in [4.78, 5) is 35.3. The van der Waals surface area contributed by atoms with Gasteiger partial charge in [-0.25, -0.2) is 4.79 Å². The first kappa shape index (κ1) is 19.1. The Labute approximate surface area is 147 Å². The minimum atomic E-state index is -0.822. The molecule has 1 aliphatic rings. The van der Waals surface area contributed by atoms with Crippen LogP contribution in [0.2, 0.25) is 0 Å². The van der Waals surface area contributed by atoms with E-state index >= 15 is 0 Å². The maximum atomic E-state index is 12.0. The molecule has 1 N–H and O–H groups in total. The first-order valence-corrected chi connectivity index (χ1v) is 8.95. The molecule has 0 spiro atoms. The molecule has 0 bridgehead atoms. The highest BCUT2D eigenvalue weighted by atomic mass is 16.5. The van der Waals surface area contributed by atoms with Gasteiger partial charge < -0.3 is 4.74 Å². The summed E-state index contributed by atoms with van der Waals surface area (Å²) < 4.78 is 5.21. The average molecular weight is 347 g/mol. The Morgan fingerprint density at radius 1 is 0.960 bits per heavy atom. The van der Waals surface area contributed by atoms with Crippen LogP contribution in [-0.4, -0.2) is 34.7 Å². The van der Waals surface area contributed by atoms with E-state index in [0.29, 0.717) is 6.61 Å². The molecule has 1 heterocycles. The molecule has 1 aliphatic heterocycles. The molecule has 1 aromatic rings. The minimum Gasteiger partial charge on any atom is -0.462 e. The molecule has 0 saturated carbocycles. The third-order valence-corrected chi connectivity index (χ3v) is 4.33. The van der Waals surface area contributed by atoms with E-state index in [0.717, 1.165) is 19.3 Å². The van der Waals surface area contributed by atoms with E-state index in [1.54, 1.807) is 0 Å². The molecule has 136 valence electrons. The number of nitrogens with zero attached hydrogens (tertiary/aromatic N) is 1. The molecule has 0 radical (unpaired) electrons. The number of ether oxygens (including phenoxy) is 1. The zero-order valence-electron chi connectivity index (χ0n) is 14.6. The molecular formula is C19H25NO5. The Morgan fingerprint density at radius 2 is 1.56 bits per heavy atom. The number of carbonyl (C=O) groups is 3. The monoisotopic (exact) mass is 347 g/mol. The van der Waals surface area contributed by atoms with Crippen LogP contribution in [-0.2, 0) is 4.74 Å². The molecule has 6 nitrogen and oxygen atoms in total. The van der Waals surface area contributed by atoms with Crippen molar-refractivity contribution in [1.29, 1.82) is 0 Å².